The van der Waals surface area contributed by atoms with Crippen LogP contribution in [0.3, 0.4) is 0 Å². The van der Waals surface area contributed by atoms with Crippen molar-refractivity contribution in [3.05, 3.63) is 34.6 Å². The molecule has 0 aliphatic heterocycles. The Balaban J connectivity index is 2.03. The molecule has 0 aliphatic carbocycles. The Kier molecular flexibility index (Phi) is 4.60. The predicted octanol–water partition coefficient (Wildman–Crippen LogP) is 3.21. The molecule has 1 unspecified atom stereocenters. The molecular formula is C12H11BrN2O3S. The lowest BCUT2D eigenvalue weighted by molar-refractivity contribution is -0.136. The van der Waals surface area contributed by atoms with Crippen molar-refractivity contribution in [3.63, 3.8) is 0 Å². The fourth-order valence-electron chi connectivity index (χ4n) is 1.29. The minimum Gasteiger partial charge on any atom is -0.480 e. The summed E-state index contributed by atoms with van der Waals surface area (Å²) in [5.41, 5.74) is 0.832. The van der Waals surface area contributed by atoms with E-state index in [-0.39, 0.29) is 0 Å². The number of hydrogen-bond acceptors (Lipinski definition) is 5. The van der Waals surface area contributed by atoms with Crippen LogP contribution in [0.4, 0.5) is 0 Å². The van der Waals surface area contributed by atoms with Gasteiger partial charge in [-0.25, -0.2) is 0 Å². The van der Waals surface area contributed by atoms with Crippen molar-refractivity contribution in [2.24, 2.45) is 0 Å². The number of carbonyl (C=O) groups is 1. The molecule has 0 fully saturated rings. The Labute approximate surface area is 122 Å². The standard InChI is InChI=1S/C12H11BrN2O3S/c1-7(12(16)17)19-6-10-14-15-11(18-10)8-2-4-9(13)5-3-8/h2-5,7H,6H2,1H3,(H,16,17). The molecule has 1 atom stereocenters. The Bertz CT molecular complexity index is 571. The monoisotopic (exact) mass is 342 g/mol. The maximum absolute atomic E-state index is 10.7. The largest absolute Gasteiger partial charge is 0.480 e. The molecule has 2 aromatic rings. The fraction of sp³-hybridized carbons (Fsp3) is 0.250. The van der Waals surface area contributed by atoms with E-state index in [2.05, 4.69) is 26.1 Å². The molecule has 19 heavy (non-hydrogen) atoms. The summed E-state index contributed by atoms with van der Waals surface area (Å²) in [5.74, 6) is 0.400. The molecule has 0 radical (unpaired) electrons. The van der Waals surface area contributed by atoms with Crippen LogP contribution in [0.1, 0.15) is 12.8 Å². The molecule has 5 nitrogen and oxygen atoms in total. The molecule has 100 valence electrons. The van der Waals surface area contributed by atoms with Crippen LogP contribution in [0.15, 0.2) is 33.2 Å². The lowest BCUT2D eigenvalue weighted by Gasteiger charge is -2.02. The average molecular weight is 343 g/mol. The summed E-state index contributed by atoms with van der Waals surface area (Å²) in [6.45, 7) is 1.62. The van der Waals surface area contributed by atoms with Gasteiger partial charge in [0, 0.05) is 10.0 Å². The Morgan fingerprint density at radius 3 is 2.74 bits per heavy atom. The van der Waals surface area contributed by atoms with Crippen LogP contribution >= 0.6 is 27.7 Å². The highest BCUT2D eigenvalue weighted by molar-refractivity contribution is 9.10. The Morgan fingerprint density at radius 2 is 2.11 bits per heavy atom. The first-order chi connectivity index (χ1) is 9.06. The first-order valence-corrected chi connectivity index (χ1v) is 7.33. The molecule has 2 rings (SSSR count). The molecule has 1 aromatic carbocycles. The number of aromatic nitrogens is 2. The van der Waals surface area contributed by atoms with Crippen molar-refractivity contribution in [2.45, 2.75) is 17.9 Å². The quantitative estimate of drug-likeness (QED) is 0.898. The summed E-state index contributed by atoms with van der Waals surface area (Å²) < 4.78 is 6.46. The second-order valence-electron chi connectivity index (χ2n) is 3.80. The van der Waals surface area contributed by atoms with Gasteiger partial charge in [-0.15, -0.1) is 22.0 Å². The van der Waals surface area contributed by atoms with Crippen LogP contribution in [-0.2, 0) is 10.5 Å². The van der Waals surface area contributed by atoms with Crippen molar-refractivity contribution < 1.29 is 14.3 Å². The van der Waals surface area contributed by atoms with Gasteiger partial charge in [0.2, 0.25) is 11.8 Å². The van der Waals surface area contributed by atoms with Crippen molar-refractivity contribution in [3.8, 4) is 11.5 Å². The molecule has 1 N–H and O–H groups in total. The average Bonchev–Trinajstić information content (AvgIpc) is 2.85. The molecule has 0 bridgehead atoms. The molecule has 7 heteroatoms. The maximum atomic E-state index is 10.7. The first-order valence-electron chi connectivity index (χ1n) is 5.49. The van der Waals surface area contributed by atoms with E-state index in [1.165, 1.54) is 11.8 Å². The lowest BCUT2D eigenvalue weighted by Crippen LogP contribution is -2.11. The third kappa shape index (κ3) is 3.81. The summed E-state index contributed by atoms with van der Waals surface area (Å²) in [6, 6.07) is 7.52. The van der Waals surface area contributed by atoms with E-state index in [4.69, 9.17) is 9.52 Å². The van der Waals surface area contributed by atoms with Gasteiger partial charge in [0.25, 0.3) is 0 Å². The van der Waals surface area contributed by atoms with Crippen LogP contribution in [-0.4, -0.2) is 26.5 Å². The van der Waals surface area contributed by atoms with Gasteiger partial charge in [-0.1, -0.05) is 15.9 Å². The van der Waals surface area contributed by atoms with Crippen molar-refractivity contribution in [1.82, 2.24) is 10.2 Å². The minimum atomic E-state index is -0.849. The number of thioether (sulfide) groups is 1. The van der Waals surface area contributed by atoms with E-state index in [9.17, 15) is 4.79 Å². The molecule has 0 saturated carbocycles. The third-order valence-corrected chi connectivity index (χ3v) is 4.01. The number of carboxylic acid groups (broad SMARTS) is 1. The molecule has 0 aliphatic rings. The van der Waals surface area contributed by atoms with Crippen LogP contribution in [0.25, 0.3) is 11.5 Å². The molecule has 1 heterocycles. The van der Waals surface area contributed by atoms with E-state index in [1.54, 1.807) is 6.92 Å². The highest BCUT2D eigenvalue weighted by atomic mass is 79.9. The maximum Gasteiger partial charge on any atom is 0.316 e. The second-order valence-corrected chi connectivity index (χ2v) is 6.04. The Hall–Kier alpha value is -1.34. The molecule has 0 spiro atoms. The fourth-order valence-corrected chi connectivity index (χ4v) is 2.20. The number of hydrogen-bond donors (Lipinski definition) is 1. The van der Waals surface area contributed by atoms with Gasteiger partial charge in [0.1, 0.15) is 0 Å². The van der Waals surface area contributed by atoms with Crippen molar-refractivity contribution in [2.75, 3.05) is 0 Å². The van der Waals surface area contributed by atoms with Crippen molar-refractivity contribution >= 4 is 33.7 Å². The summed E-state index contributed by atoms with van der Waals surface area (Å²) in [4.78, 5) is 10.7. The summed E-state index contributed by atoms with van der Waals surface area (Å²) >= 11 is 4.60. The van der Waals surface area contributed by atoms with E-state index in [0.717, 1.165) is 10.0 Å². The van der Waals surface area contributed by atoms with Gasteiger partial charge in [0.05, 0.1) is 11.0 Å². The van der Waals surface area contributed by atoms with Gasteiger partial charge in [-0.3, -0.25) is 4.79 Å². The normalized spacial score (nSPS) is 12.3. The topological polar surface area (TPSA) is 76.2 Å². The van der Waals surface area contributed by atoms with Gasteiger partial charge < -0.3 is 9.52 Å². The zero-order chi connectivity index (χ0) is 13.8. The van der Waals surface area contributed by atoms with Crippen molar-refractivity contribution in [1.29, 1.82) is 0 Å². The first kappa shape index (κ1) is 14.1. The lowest BCUT2D eigenvalue weighted by atomic mass is 10.2. The predicted molar refractivity (Wildman–Crippen MR) is 75.8 cm³/mol. The zero-order valence-corrected chi connectivity index (χ0v) is 12.4. The van der Waals surface area contributed by atoms with E-state index in [1.807, 2.05) is 24.3 Å². The van der Waals surface area contributed by atoms with Crippen LogP contribution in [0.2, 0.25) is 0 Å². The smallest absolute Gasteiger partial charge is 0.316 e. The van der Waals surface area contributed by atoms with E-state index >= 15 is 0 Å². The number of nitrogens with zero attached hydrogens (tertiary/aromatic N) is 2. The Morgan fingerprint density at radius 1 is 1.42 bits per heavy atom. The number of benzene rings is 1. The van der Waals surface area contributed by atoms with Gasteiger partial charge >= 0.3 is 5.97 Å². The van der Waals surface area contributed by atoms with Crippen LogP contribution in [0, 0.1) is 0 Å². The number of halogens is 1. The van der Waals surface area contributed by atoms with Gasteiger partial charge in [-0.05, 0) is 31.2 Å². The SMILES string of the molecule is CC(SCc1nnc(-c2ccc(Br)cc2)o1)C(=O)O. The summed E-state index contributed by atoms with van der Waals surface area (Å²) in [7, 11) is 0. The molecule has 0 amide bonds. The van der Waals surface area contributed by atoms with E-state index in [0.29, 0.717) is 17.5 Å². The van der Waals surface area contributed by atoms with E-state index < -0.39 is 11.2 Å². The summed E-state index contributed by atoms with van der Waals surface area (Å²) in [5, 5.41) is 16.1. The highest BCUT2D eigenvalue weighted by Gasteiger charge is 2.14. The van der Waals surface area contributed by atoms with Crippen LogP contribution in [0.5, 0.6) is 0 Å². The van der Waals surface area contributed by atoms with Gasteiger partial charge in [0.15, 0.2) is 0 Å². The number of carboxylic acids is 1. The molecular weight excluding hydrogens is 332 g/mol. The van der Waals surface area contributed by atoms with Gasteiger partial charge in [-0.2, -0.15) is 0 Å². The molecule has 0 saturated heterocycles. The zero-order valence-electron chi connectivity index (χ0n) is 10.0. The second kappa shape index (κ2) is 6.21. The number of aliphatic carboxylic acids is 1. The number of rotatable bonds is 5. The third-order valence-electron chi connectivity index (χ3n) is 2.36. The van der Waals surface area contributed by atoms with Crippen LogP contribution < -0.4 is 0 Å². The highest BCUT2D eigenvalue weighted by Crippen LogP contribution is 2.23. The minimum absolute atomic E-state index is 0.386. The summed E-state index contributed by atoms with van der Waals surface area (Å²) in [6.07, 6.45) is 0. The molecule has 1 aromatic heterocycles.